The molecule has 1 saturated heterocycles. The van der Waals surface area contributed by atoms with Crippen molar-refractivity contribution in [2.75, 3.05) is 10.2 Å². The first-order valence-corrected chi connectivity index (χ1v) is 7.26. The lowest BCUT2D eigenvalue weighted by molar-refractivity contribution is -0.208. The second-order valence-electron chi connectivity index (χ2n) is 5.83. The number of nitrogens with one attached hydrogen (secondary N) is 1. The molecule has 0 radical (unpaired) electrons. The number of carbonyl (C=O) groups is 1. The zero-order chi connectivity index (χ0) is 16.2. The fourth-order valence-corrected chi connectivity index (χ4v) is 3.54. The van der Waals surface area contributed by atoms with E-state index in [4.69, 9.17) is 0 Å². The second-order valence-corrected chi connectivity index (χ2v) is 5.83. The zero-order valence-corrected chi connectivity index (χ0v) is 12.0. The van der Waals surface area contributed by atoms with Crippen molar-refractivity contribution in [2.45, 2.75) is 24.2 Å². The van der Waals surface area contributed by atoms with Crippen molar-refractivity contribution in [2.24, 2.45) is 0 Å². The van der Waals surface area contributed by atoms with E-state index in [9.17, 15) is 18.0 Å². The molecule has 0 aromatic heterocycles. The average molecular weight is 318 g/mol. The minimum absolute atomic E-state index is 0.277. The maximum atomic E-state index is 13.8. The van der Waals surface area contributed by atoms with Crippen molar-refractivity contribution >= 4 is 17.3 Å². The molecule has 2 aliphatic rings. The fraction of sp³-hybridized carbons (Fsp3) is 0.235. The first-order chi connectivity index (χ1) is 10.9. The molecule has 0 spiro atoms. The van der Waals surface area contributed by atoms with E-state index in [2.05, 4.69) is 5.32 Å². The maximum Gasteiger partial charge on any atom is 0.420 e. The maximum absolute atomic E-state index is 13.8. The summed E-state index contributed by atoms with van der Waals surface area (Å²) in [5.41, 5.74) is -0.888. The highest BCUT2D eigenvalue weighted by Gasteiger charge is 2.73. The first-order valence-electron chi connectivity index (χ1n) is 7.26. The molecule has 1 N–H and O–H groups in total. The highest BCUT2D eigenvalue weighted by Crippen LogP contribution is 2.59. The van der Waals surface area contributed by atoms with E-state index < -0.39 is 23.7 Å². The fourth-order valence-electron chi connectivity index (χ4n) is 3.54. The third-order valence-electron chi connectivity index (χ3n) is 4.65. The number of hydrogen-bond donors (Lipinski definition) is 1. The van der Waals surface area contributed by atoms with Gasteiger partial charge in [0.25, 0.3) is 5.91 Å². The van der Waals surface area contributed by atoms with Gasteiger partial charge in [-0.2, -0.15) is 13.2 Å². The SMILES string of the molecule is O=C1Nc2ccccc2N2[C@@H](c3ccccc3)C[C@]12C(F)(F)F. The minimum Gasteiger partial charge on any atom is -0.341 e. The molecule has 2 aliphatic heterocycles. The van der Waals surface area contributed by atoms with E-state index >= 15 is 0 Å². The Morgan fingerprint density at radius 1 is 1.04 bits per heavy atom. The van der Waals surface area contributed by atoms with Gasteiger partial charge in [0.1, 0.15) is 0 Å². The number of rotatable bonds is 1. The first kappa shape index (κ1) is 14.1. The summed E-state index contributed by atoms with van der Waals surface area (Å²) in [6.07, 6.45) is -4.92. The van der Waals surface area contributed by atoms with Crippen molar-refractivity contribution in [3.8, 4) is 0 Å². The molecule has 0 unspecified atom stereocenters. The van der Waals surface area contributed by atoms with Gasteiger partial charge in [-0.1, -0.05) is 42.5 Å². The minimum atomic E-state index is -4.64. The van der Waals surface area contributed by atoms with Crippen LogP contribution in [-0.2, 0) is 4.79 Å². The van der Waals surface area contributed by atoms with Crippen LogP contribution in [0.25, 0.3) is 0 Å². The Hall–Kier alpha value is -2.50. The normalized spacial score (nSPS) is 26.0. The number of amides is 1. The molecule has 1 amide bonds. The number of halogens is 3. The highest BCUT2D eigenvalue weighted by molar-refractivity contribution is 6.09. The molecule has 0 bridgehead atoms. The van der Waals surface area contributed by atoms with Gasteiger partial charge in [-0.15, -0.1) is 0 Å². The monoisotopic (exact) mass is 318 g/mol. The summed E-state index contributed by atoms with van der Waals surface area (Å²) in [6.45, 7) is 0. The van der Waals surface area contributed by atoms with Gasteiger partial charge in [0.2, 0.25) is 5.54 Å². The van der Waals surface area contributed by atoms with Gasteiger partial charge in [-0.3, -0.25) is 4.79 Å². The summed E-state index contributed by atoms with van der Waals surface area (Å²) in [4.78, 5) is 13.5. The van der Waals surface area contributed by atoms with E-state index in [0.29, 0.717) is 11.4 Å². The molecule has 2 aromatic carbocycles. The Morgan fingerprint density at radius 3 is 2.39 bits per heavy atom. The van der Waals surface area contributed by atoms with Gasteiger partial charge < -0.3 is 10.2 Å². The average Bonchev–Trinajstić information content (AvgIpc) is 2.47. The molecule has 2 atom stereocenters. The van der Waals surface area contributed by atoms with Crippen LogP contribution in [0.1, 0.15) is 18.0 Å². The van der Waals surface area contributed by atoms with E-state index in [0.717, 1.165) is 5.56 Å². The van der Waals surface area contributed by atoms with Crippen molar-refractivity contribution < 1.29 is 18.0 Å². The molecule has 2 heterocycles. The molecule has 0 aliphatic carbocycles. The van der Waals surface area contributed by atoms with E-state index in [1.165, 1.54) is 4.90 Å². The van der Waals surface area contributed by atoms with Gasteiger partial charge in [0.05, 0.1) is 17.4 Å². The van der Waals surface area contributed by atoms with Gasteiger partial charge in [0, 0.05) is 6.42 Å². The summed E-state index contributed by atoms with van der Waals surface area (Å²) in [5, 5.41) is 2.41. The number of anilines is 2. The Bertz CT molecular complexity index is 775. The Balaban J connectivity index is 1.88. The summed E-state index contributed by atoms with van der Waals surface area (Å²) >= 11 is 0. The van der Waals surface area contributed by atoms with Crippen LogP contribution >= 0.6 is 0 Å². The number of nitrogens with zero attached hydrogens (tertiary/aromatic N) is 1. The molecule has 3 nitrogen and oxygen atoms in total. The smallest absolute Gasteiger partial charge is 0.341 e. The third kappa shape index (κ3) is 1.75. The van der Waals surface area contributed by atoms with Crippen molar-refractivity contribution in [3.05, 3.63) is 60.2 Å². The Kier molecular flexibility index (Phi) is 2.76. The van der Waals surface area contributed by atoms with E-state index in [1.807, 2.05) is 6.07 Å². The summed E-state index contributed by atoms with van der Waals surface area (Å²) < 4.78 is 41.3. The van der Waals surface area contributed by atoms with Crippen LogP contribution in [0.3, 0.4) is 0 Å². The van der Waals surface area contributed by atoms with E-state index in [-0.39, 0.29) is 6.42 Å². The molecule has 2 aromatic rings. The number of carbonyl (C=O) groups excluding carboxylic acids is 1. The molecule has 4 rings (SSSR count). The molecule has 1 fully saturated rings. The summed E-state index contributed by atoms with van der Waals surface area (Å²) in [6, 6.07) is 15.1. The predicted octanol–water partition coefficient (Wildman–Crippen LogP) is 3.89. The molecular formula is C17H13F3N2O. The molecule has 23 heavy (non-hydrogen) atoms. The Morgan fingerprint density at radius 2 is 1.70 bits per heavy atom. The summed E-state index contributed by atoms with van der Waals surface area (Å²) in [5.74, 6) is -1.00. The van der Waals surface area contributed by atoms with Crippen LogP contribution in [0.4, 0.5) is 24.5 Å². The van der Waals surface area contributed by atoms with Crippen LogP contribution in [0.15, 0.2) is 54.6 Å². The lowest BCUT2D eigenvalue weighted by Gasteiger charge is -2.60. The molecule has 0 saturated carbocycles. The van der Waals surface area contributed by atoms with Gasteiger partial charge in [0.15, 0.2) is 0 Å². The lowest BCUT2D eigenvalue weighted by Crippen LogP contribution is -2.76. The van der Waals surface area contributed by atoms with Gasteiger partial charge in [-0.25, -0.2) is 0 Å². The Labute approximate surface area is 130 Å². The summed E-state index contributed by atoms with van der Waals surface area (Å²) in [7, 11) is 0. The lowest BCUT2D eigenvalue weighted by atomic mass is 9.72. The number of para-hydroxylation sites is 2. The van der Waals surface area contributed by atoms with Gasteiger partial charge >= 0.3 is 6.18 Å². The second kappa shape index (κ2) is 4.50. The van der Waals surface area contributed by atoms with Crippen molar-refractivity contribution in [1.82, 2.24) is 0 Å². The third-order valence-corrected chi connectivity index (χ3v) is 4.65. The van der Waals surface area contributed by atoms with Crippen LogP contribution < -0.4 is 10.2 Å². The largest absolute Gasteiger partial charge is 0.420 e. The standard InChI is InChI=1S/C17H13F3N2O/c18-17(19,20)16-10-14(11-6-2-1-3-7-11)22(16)13-9-5-4-8-12(13)21-15(16)23/h1-9,14H,10H2,(H,21,23)/t14-,16-/m1/s1. The van der Waals surface area contributed by atoms with E-state index in [1.54, 1.807) is 48.5 Å². The predicted molar refractivity (Wildman–Crippen MR) is 80.1 cm³/mol. The quantitative estimate of drug-likeness (QED) is 0.865. The molecular weight excluding hydrogens is 305 g/mol. The van der Waals surface area contributed by atoms with Crippen LogP contribution in [0.5, 0.6) is 0 Å². The van der Waals surface area contributed by atoms with Gasteiger partial charge in [-0.05, 0) is 17.7 Å². The van der Waals surface area contributed by atoms with Crippen LogP contribution in [0.2, 0.25) is 0 Å². The molecule has 118 valence electrons. The van der Waals surface area contributed by atoms with Crippen molar-refractivity contribution in [1.29, 1.82) is 0 Å². The number of hydrogen-bond acceptors (Lipinski definition) is 2. The van der Waals surface area contributed by atoms with Crippen LogP contribution in [0, 0.1) is 0 Å². The zero-order valence-electron chi connectivity index (χ0n) is 12.0. The van der Waals surface area contributed by atoms with Crippen molar-refractivity contribution in [3.63, 3.8) is 0 Å². The number of alkyl halides is 3. The highest BCUT2D eigenvalue weighted by atomic mass is 19.4. The van der Waals surface area contributed by atoms with Crippen LogP contribution in [-0.4, -0.2) is 17.6 Å². The molecule has 6 heteroatoms. The number of benzene rings is 2. The number of fused-ring (bicyclic) bond motifs is 3. The topological polar surface area (TPSA) is 32.3 Å².